The molecule has 77 heavy (non-hydrogen) atoms. The Hall–Kier alpha value is -3.88. The van der Waals surface area contributed by atoms with Gasteiger partial charge in [-0.1, -0.05) is 61.4 Å². The highest BCUT2D eigenvalue weighted by atomic mass is 35.5. The molecule has 2 heterocycles. The summed E-state index contributed by atoms with van der Waals surface area (Å²) in [4.78, 5) is 35.3. The molecule has 4 unspecified atom stereocenters. The molecule has 13 nitrogen and oxygen atoms in total. The van der Waals surface area contributed by atoms with Gasteiger partial charge in [-0.3, -0.25) is 28.6 Å². The molecule has 2 aliphatic heterocycles. The van der Waals surface area contributed by atoms with E-state index in [9.17, 15) is 31.2 Å². The average Bonchev–Trinajstić information content (AvgIpc) is 3.42. The van der Waals surface area contributed by atoms with Crippen molar-refractivity contribution in [2.45, 2.75) is 93.5 Å². The third-order valence-electron chi connectivity index (χ3n) is 13.8. The number of alkyl halides is 3. The van der Waals surface area contributed by atoms with Gasteiger partial charge < -0.3 is 24.4 Å². The second-order valence-corrected chi connectivity index (χ2v) is 27.0. The molecule has 0 aromatic heterocycles. The van der Waals surface area contributed by atoms with Crippen molar-refractivity contribution in [3.05, 3.63) is 119 Å². The van der Waals surface area contributed by atoms with Crippen LogP contribution in [-0.2, 0) is 40.4 Å². The standard InChI is InChI=1S/C56H73ClF3N6O7PS3/c1-7-72-74(73-40-71-53(68)54(2,3)4)39-65-29-27-63(28-30-65)26-24-45(38-75-47-11-9-8-10-12-47)61-50-22-21-48(35-51(50)76(69)56(58,59)60)77(70)62-52(67)42-15-19-46(20-16-42)66-33-31-64(32-34-66)37-43-36-55(5,6)25-23-49(43)41-13-17-44(57)18-14-41/h8-22,35,45,61H,7,23-34,36-40H2,1-6H3,(H,62,67). The Labute approximate surface area is 468 Å². The molecule has 4 atom stereocenters. The molecule has 2 N–H and O–H groups in total. The quantitative estimate of drug-likeness (QED) is 0.0316. The number of benzene rings is 4. The molecule has 3 aliphatic rings. The van der Waals surface area contributed by atoms with E-state index in [1.807, 2.05) is 61.5 Å². The maximum atomic E-state index is 14.3. The van der Waals surface area contributed by atoms with Crippen molar-refractivity contribution >= 4 is 82.3 Å². The van der Waals surface area contributed by atoms with Gasteiger partial charge in [-0.05, 0) is 137 Å². The van der Waals surface area contributed by atoms with E-state index in [2.05, 4.69) is 55.6 Å². The SMILES string of the molecule is CCOP(CN1CCN(CCC(CSc2ccccc2)Nc2ccc(S(=O)NC(=O)c3ccc(N4CCN(CC5=C(c6ccc(Cl)cc6)CCC(C)(C)C5)CC4)cc3)cc2S(=O)C(F)(F)F)CC1)OCOC(=O)C(C)(C)C. The van der Waals surface area contributed by atoms with E-state index in [-0.39, 0.29) is 40.4 Å². The zero-order valence-electron chi connectivity index (χ0n) is 44.9. The molecule has 2 fully saturated rings. The molecule has 4 aromatic carbocycles. The predicted octanol–water partition coefficient (Wildman–Crippen LogP) is 11.7. The van der Waals surface area contributed by atoms with Crippen LogP contribution in [0.1, 0.15) is 83.1 Å². The number of nitrogens with zero attached hydrogens (tertiary/aromatic N) is 4. The first-order valence-corrected chi connectivity index (χ1v) is 31.2. The molecule has 1 amide bonds. The normalized spacial score (nSPS) is 18.6. The average molecular weight is 1160 g/mol. The number of ether oxygens (including phenoxy) is 1. The highest BCUT2D eigenvalue weighted by Gasteiger charge is 2.40. The lowest BCUT2D eigenvalue weighted by Gasteiger charge is -2.39. The van der Waals surface area contributed by atoms with Gasteiger partial charge in [0.1, 0.15) is 0 Å². The molecule has 0 bridgehead atoms. The first kappa shape index (κ1) is 60.8. The highest BCUT2D eigenvalue weighted by Crippen LogP contribution is 2.43. The Bertz CT molecular complexity index is 2670. The summed E-state index contributed by atoms with van der Waals surface area (Å²) in [6.07, 6.45) is 4.32. The molecule has 420 valence electrons. The van der Waals surface area contributed by atoms with Crippen molar-refractivity contribution in [1.82, 2.24) is 19.4 Å². The Morgan fingerprint density at radius 2 is 1.51 bits per heavy atom. The number of carbonyl (C=O) groups is 2. The number of hydrogen-bond donors (Lipinski definition) is 2. The Morgan fingerprint density at radius 1 is 0.844 bits per heavy atom. The van der Waals surface area contributed by atoms with E-state index in [1.54, 1.807) is 44.7 Å². The first-order chi connectivity index (χ1) is 36.6. The fraction of sp³-hybridized carbons (Fsp3) is 0.500. The number of allylic oxidation sites excluding steroid dienone is 1. The maximum Gasteiger partial charge on any atom is 0.475 e. The number of piperazine rings is 2. The molecule has 0 saturated carbocycles. The predicted molar refractivity (Wildman–Crippen MR) is 306 cm³/mol. The highest BCUT2D eigenvalue weighted by molar-refractivity contribution is 7.99. The fourth-order valence-corrected chi connectivity index (χ4v) is 13.6. The smallest absolute Gasteiger partial charge is 0.438 e. The lowest BCUT2D eigenvalue weighted by atomic mass is 9.73. The van der Waals surface area contributed by atoms with Crippen molar-refractivity contribution in [1.29, 1.82) is 0 Å². The zero-order chi connectivity index (χ0) is 55.3. The number of rotatable bonds is 23. The van der Waals surface area contributed by atoms with E-state index < -0.39 is 51.9 Å². The van der Waals surface area contributed by atoms with Crippen molar-refractivity contribution in [2.24, 2.45) is 10.8 Å². The van der Waals surface area contributed by atoms with Crippen LogP contribution in [0.5, 0.6) is 0 Å². The van der Waals surface area contributed by atoms with Crippen LogP contribution in [0.2, 0.25) is 5.02 Å². The van der Waals surface area contributed by atoms with Crippen molar-refractivity contribution in [3.8, 4) is 0 Å². The number of hydrogen-bond acceptors (Lipinski definition) is 13. The molecule has 2 saturated heterocycles. The summed E-state index contributed by atoms with van der Waals surface area (Å²) in [5.41, 5.74) is -0.192. The number of nitrogens with one attached hydrogen (secondary N) is 2. The van der Waals surface area contributed by atoms with Gasteiger partial charge in [0.25, 0.3) is 5.91 Å². The lowest BCUT2D eigenvalue weighted by molar-refractivity contribution is -0.159. The van der Waals surface area contributed by atoms with Gasteiger partial charge in [-0.15, -0.1) is 11.8 Å². The second kappa shape index (κ2) is 28.0. The van der Waals surface area contributed by atoms with Crippen molar-refractivity contribution in [2.75, 3.05) is 101 Å². The molecule has 7 rings (SSSR count). The van der Waals surface area contributed by atoms with Gasteiger partial charge >= 0.3 is 11.5 Å². The van der Waals surface area contributed by atoms with Crippen LogP contribution in [-0.4, -0.2) is 137 Å². The summed E-state index contributed by atoms with van der Waals surface area (Å²) in [5.74, 6) is -0.537. The topological polar surface area (TPSA) is 133 Å². The molecule has 1 aliphatic carbocycles. The molecular weight excluding hydrogens is 1090 g/mol. The second-order valence-electron chi connectivity index (χ2n) is 21.3. The molecular formula is C56H73ClF3N6O7PS3. The van der Waals surface area contributed by atoms with Gasteiger partial charge in [0, 0.05) is 98.4 Å². The van der Waals surface area contributed by atoms with Crippen LogP contribution < -0.4 is 14.9 Å². The van der Waals surface area contributed by atoms with Gasteiger partial charge in [0.2, 0.25) is 0 Å². The Balaban J connectivity index is 0.950. The molecule has 21 heteroatoms. The Morgan fingerprint density at radius 3 is 2.16 bits per heavy atom. The summed E-state index contributed by atoms with van der Waals surface area (Å²) < 4.78 is 89.3. The van der Waals surface area contributed by atoms with Crippen molar-refractivity contribution in [3.63, 3.8) is 0 Å². The summed E-state index contributed by atoms with van der Waals surface area (Å²) in [7, 11) is -7.09. The summed E-state index contributed by atoms with van der Waals surface area (Å²) in [6.45, 7) is 20.0. The third-order valence-corrected chi connectivity index (χ3v) is 19.0. The number of thioether (sulfide) groups is 1. The van der Waals surface area contributed by atoms with E-state index in [0.29, 0.717) is 31.6 Å². The van der Waals surface area contributed by atoms with Gasteiger partial charge in [0.05, 0.1) is 33.8 Å². The fourth-order valence-electron chi connectivity index (χ4n) is 9.44. The number of halogens is 4. The molecule has 0 radical (unpaired) electrons. The van der Waals surface area contributed by atoms with E-state index in [4.69, 9.17) is 25.4 Å². The van der Waals surface area contributed by atoms with E-state index >= 15 is 0 Å². The van der Waals surface area contributed by atoms with Gasteiger partial charge in [-0.25, -0.2) is 8.42 Å². The van der Waals surface area contributed by atoms with Crippen LogP contribution in [0, 0.1) is 10.8 Å². The van der Waals surface area contributed by atoms with Crippen LogP contribution in [0.25, 0.3) is 5.57 Å². The van der Waals surface area contributed by atoms with Gasteiger partial charge in [0.15, 0.2) is 37.0 Å². The zero-order valence-corrected chi connectivity index (χ0v) is 49.0. The van der Waals surface area contributed by atoms with E-state index in [0.717, 1.165) is 99.8 Å². The minimum atomic E-state index is -5.11. The number of esters is 1. The minimum Gasteiger partial charge on any atom is -0.438 e. The monoisotopic (exact) mass is 1160 g/mol. The van der Waals surface area contributed by atoms with Crippen LogP contribution in [0.4, 0.5) is 24.5 Å². The number of anilines is 2. The van der Waals surface area contributed by atoms with Crippen LogP contribution in [0.15, 0.2) is 117 Å². The van der Waals surface area contributed by atoms with Crippen LogP contribution in [0.3, 0.4) is 0 Å². The number of carbonyl (C=O) groups excluding carboxylic acids is 2. The minimum absolute atomic E-state index is 0.00260. The van der Waals surface area contributed by atoms with Crippen LogP contribution >= 0.6 is 31.7 Å². The summed E-state index contributed by atoms with van der Waals surface area (Å²) in [6, 6.07) is 28.2. The maximum absolute atomic E-state index is 14.3. The first-order valence-electron chi connectivity index (χ1n) is 26.1. The third kappa shape index (κ3) is 18.3. The molecule has 4 aromatic rings. The lowest BCUT2D eigenvalue weighted by Crippen LogP contribution is -2.47. The van der Waals surface area contributed by atoms with E-state index in [1.165, 1.54) is 28.8 Å². The largest absolute Gasteiger partial charge is 0.475 e. The Kier molecular flexibility index (Phi) is 22.1. The van der Waals surface area contributed by atoms with Gasteiger partial charge in [-0.2, -0.15) is 13.2 Å². The molecule has 0 spiro atoms. The number of amides is 1. The summed E-state index contributed by atoms with van der Waals surface area (Å²) in [5, 5.41) is 4.01. The van der Waals surface area contributed by atoms with Crippen molar-refractivity contribution < 1.29 is 45.0 Å². The summed E-state index contributed by atoms with van der Waals surface area (Å²) >= 11 is 7.77.